The number of aryl methyl sites for hydroxylation is 1. The van der Waals surface area contributed by atoms with Crippen LogP contribution in [0.4, 0.5) is 0 Å². The lowest BCUT2D eigenvalue weighted by molar-refractivity contribution is 0.411. The molecule has 1 aliphatic rings. The number of nitrogens with one attached hydrogen (secondary N) is 2. The van der Waals surface area contributed by atoms with Gasteiger partial charge in [0.2, 0.25) is 0 Å². The Labute approximate surface area is 201 Å². The molecule has 0 saturated carbocycles. The van der Waals surface area contributed by atoms with Crippen molar-refractivity contribution in [1.29, 1.82) is 0 Å². The Hall–Kier alpha value is -2.39. The van der Waals surface area contributed by atoms with Gasteiger partial charge in [0.05, 0.1) is 13.4 Å². The fourth-order valence-electron chi connectivity index (χ4n) is 4.21. The average Bonchev–Trinajstić information content (AvgIpc) is 3.38. The van der Waals surface area contributed by atoms with Crippen LogP contribution in [-0.4, -0.2) is 45.7 Å². The minimum atomic E-state index is -3.36. The van der Waals surface area contributed by atoms with Crippen molar-refractivity contribution in [2.45, 2.75) is 23.8 Å². The molecule has 33 heavy (non-hydrogen) atoms. The van der Waals surface area contributed by atoms with E-state index in [1.165, 1.54) is 36.3 Å². The maximum absolute atomic E-state index is 11.0. The summed E-state index contributed by atoms with van der Waals surface area (Å²) in [6.07, 6.45) is 5.02. The van der Waals surface area contributed by atoms with Crippen molar-refractivity contribution in [3.8, 4) is 5.75 Å². The van der Waals surface area contributed by atoms with Gasteiger partial charge in [-0.15, -0.1) is 0 Å². The number of hydrogen-bond acceptors (Lipinski definition) is 5. The van der Waals surface area contributed by atoms with E-state index < -0.39 is 10.0 Å². The standard InChI is InChI=1S/C19H22ClNO.C5H9N3O2S/c1-21-12-15-10-14-6-7-17(22-2)11-19(14)18(15)9-13-4-3-5-16(20)8-13;1-6-11(9,10)5-3-8(2)4-7-5/h3-8,11,15,18,21H,9-10,12H2,1-2H3;3-4,6H,1-2H3. The molecule has 0 radical (unpaired) electrons. The number of halogens is 1. The quantitative estimate of drug-likeness (QED) is 0.530. The highest BCUT2D eigenvalue weighted by Crippen LogP contribution is 2.41. The monoisotopic (exact) mass is 490 g/mol. The molecule has 2 N–H and O–H groups in total. The third-order valence-electron chi connectivity index (χ3n) is 5.84. The van der Waals surface area contributed by atoms with Crippen LogP contribution in [0.5, 0.6) is 5.75 Å². The predicted octanol–water partition coefficient (Wildman–Crippen LogP) is 3.39. The highest BCUT2D eigenvalue weighted by Gasteiger charge is 2.32. The predicted molar refractivity (Wildman–Crippen MR) is 131 cm³/mol. The first-order chi connectivity index (χ1) is 15.8. The van der Waals surface area contributed by atoms with Gasteiger partial charge in [-0.3, -0.25) is 0 Å². The van der Waals surface area contributed by atoms with Gasteiger partial charge in [0.15, 0.2) is 5.03 Å². The zero-order valence-electron chi connectivity index (χ0n) is 19.4. The minimum Gasteiger partial charge on any atom is -0.497 e. The van der Waals surface area contributed by atoms with E-state index >= 15 is 0 Å². The van der Waals surface area contributed by atoms with Crippen molar-refractivity contribution in [2.24, 2.45) is 13.0 Å². The fraction of sp³-hybridized carbons (Fsp3) is 0.375. The Balaban J connectivity index is 0.000000235. The van der Waals surface area contributed by atoms with Crippen molar-refractivity contribution in [3.63, 3.8) is 0 Å². The van der Waals surface area contributed by atoms with Gasteiger partial charge in [0.1, 0.15) is 5.75 Å². The molecule has 0 aliphatic heterocycles. The minimum absolute atomic E-state index is 0.0440. The molecule has 0 fully saturated rings. The summed E-state index contributed by atoms with van der Waals surface area (Å²) >= 11 is 6.14. The molecule has 0 amide bonds. The van der Waals surface area contributed by atoms with Gasteiger partial charge in [-0.2, -0.15) is 0 Å². The summed E-state index contributed by atoms with van der Waals surface area (Å²) in [5, 5.41) is 4.20. The lowest BCUT2D eigenvalue weighted by Crippen LogP contribution is -2.23. The molecule has 0 bridgehead atoms. The van der Waals surface area contributed by atoms with Gasteiger partial charge >= 0.3 is 0 Å². The number of sulfonamides is 1. The number of benzene rings is 2. The maximum atomic E-state index is 11.0. The molecule has 178 valence electrons. The van der Waals surface area contributed by atoms with Crippen LogP contribution in [-0.2, 0) is 29.9 Å². The summed E-state index contributed by atoms with van der Waals surface area (Å²) in [4.78, 5) is 3.67. The van der Waals surface area contributed by atoms with E-state index in [1.807, 2.05) is 19.2 Å². The lowest BCUT2D eigenvalue weighted by Gasteiger charge is -2.21. The van der Waals surface area contributed by atoms with Crippen LogP contribution >= 0.6 is 11.6 Å². The number of fused-ring (bicyclic) bond motifs is 1. The summed E-state index contributed by atoms with van der Waals surface area (Å²) in [5.41, 5.74) is 4.18. The maximum Gasteiger partial charge on any atom is 0.259 e. The highest BCUT2D eigenvalue weighted by molar-refractivity contribution is 7.89. The Morgan fingerprint density at radius 2 is 2.00 bits per heavy atom. The van der Waals surface area contributed by atoms with Crippen LogP contribution in [0.1, 0.15) is 22.6 Å². The molecule has 4 rings (SSSR count). The number of nitrogens with zero attached hydrogens (tertiary/aromatic N) is 2. The van der Waals surface area contributed by atoms with Crippen LogP contribution < -0.4 is 14.8 Å². The first-order valence-electron chi connectivity index (χ1n) is 10.7. The van der Waals surface area contributed by atoms with Crippen LogP contribution in [0.15, 0.2) is 60.0 Å². The molecule has 0 saturated heterocycles. The Bertz CT molecular complexity index is 1180. The topological polar surface area (TPSA) is 85.3 Å². The lowest BCUT2D eigenvalue weighted by atomic mass is 9.86. The highest BCUT2D eigenvalue weighted by atomic mass is 35.5. The van der Waals surface area contributed by atoms with Gasteiger partial charge in [-0.05, 0) is 86.3 Å². The molecule has 7 nitrogen and oxygen atoms in total. The zero-order valence-corrected chi connectivity index (χ0v) is 20.9. The van der Waals surface area contributed by atoms with Gasteiger partial charge < -0.3 is 14.6 Å². The van der Waals surface area contributed by atoms with Crippen LogP contribution in [0, 0.1) is 5.92 Å². The Kier molecular flexibility index (Phi) is 8.53. The number of aromatic nitrogens is 2. The molecule has 9 heteroatoms. The molecule has 0 spiro atoms. The molecule has 2 aromatic carbocycles. The summed E-state index contributed by atoms with van der Waals surface area (Å²) in [6.45, 7) is 1.03. The van der Waals surface area contributed by atoms with Crippen molar-refractivity contribution < 1.29 is 13.2 Å². The van der Waals surface area contributed by atoms with Gasteiger partial charge in [-0.1, -0.05) is 29.8 Å². The number of methoxy groups -OCH3 is 1. The smallest absolute Gasteiger partial charge is 0.259 e. The van der Waals surface area contributed by atoms with E-state index in [9.17, 15) is 8.42 Å². The molecule has 2 atom stereocenters. The van der Waals surface area contributed by atoms with Gasteiger partial charge in [0.25, 0.3) is 10.0 Å². The Morgan fingerprint density at radius 1 is 1.21 bits per heavy atom. The number of ether oxygens (including phenoxy) is 1. The van der Waals surface area contributed by atoms with Crippen LogP contribution in [0.3, 0.4) is 0 Å². The van der Waals surface area contributed by atoms with Crippen molar-refractivity contribution in [2.75, 3.05) is 27.7 Å². The number of hydrogen-bond donors (Lipinski definition) is 2. The molecular weight excluding hydrogens is 460 g/mol. The van der Waals surface area contributed by atoms with E-state index in [0.717, 1.165) is 30.2 Å². The molecule has 2 unspecified atom stereocenters. The Morgan fingerprint density at radius 3 is 2.61 bits per heavy atom. The fourth-order valence-corrected chi connectivity index (χ4v) is 5.13. The number of rotatable bonds is 7. The second-order valence-electron chi connectivity index (χ2n) is 8.11. The van der Waals surface area contributed by atoms with Gasteiger partial charge in [-0.25, -0.2) is 18.1 Å². The molecule has 1 heterocycles. The van der Waals surface area contributed by atoms with Crippen LogP contribution in [0.2, 0.25) is 5.02 Å². The first-order valence-corrected chi connectivity index (χ1v) is 12.6. The van der Waals surface area contributed by atoms with E-state index in [0.29, 0.717) is 11.8 Å². The normalized spacial score (nSPS) is 17.2. The summed E-state index contributed by atoms with van der Waals surface area (Å²) in [5.74, 6) is 2.07. The SMILES string of the molecule is CNCC1Cc2ccc(OC)cc2C1Cc1cccc(Cl)c1.CNS(=O)(=O)c1cn(C)cn1. The first kappa shape index (κ1) is 25.2. The van der Waals surface area contributed by atoms with Crippen molar-refractivity contribution >= 4 is 21.6 Å². The summed E-state index contributed by atoms with van der Waals surface area (Å²) < 4.78 is 31.2. The molecular formula is C24H31ClN4O3S. The third-order valence-corrected chi connectivity index (χ3v) is 7.37. The second-order valence-corrected chi connectivity index (χ2v) is 10.4. The third kappa shape index (κ3) is 6.35. The molecule has 1 aromatic heterocycles. The molecule has 3 aromatic rings. The van der Waals surface area contributed by atoms with Gasteiger partial charge in [0, 0.05) is 18.3 Å². The van der Waals surface area contributed by atoms with Crippen LogP contribution in [0.25, 0.3) is 0 Å². The summed E-state index contributed by atoms with van der Waals surface area (Å²) in [7, 11) is 3.46. The van der Waals surface area contributed by atoms with Crippen molar-refractivity contribution in [1.82, 2.24) is 19.6 Å². The van der Waals surface area contributed by atoms with E-state index in [1.54, 1.807) is 18.7 Å². The van der Waals surface area contributed by atoms with Crippen molar-refractivity contribution in [3.05, 3.63) is 76.7 Å². The second kappa shape index (κ2) is 11.2. The van der Waals surface area contributed by atoms with E-state index in [-0.39, 0.29) is 5.03 Å². The zero-order chi connectivity index (χ0) is 24.0. The van der Waals surface area contributed by atoms with E-state index in [4.69, 9.17) is 16.3 Å². The largest absolute Gasteiger partial charge is 0.497 e. The average molecular weight is 491 g/mol. The van der Waals surface area contributed by atoms with E-state index in [2.05, 4.69) is 45.4 Å². The number of imidazole rings is 1. The molecule has 1 aliphatic carbocycles. The summed E-state index contributed by atoms with van der Waals surface area (Å²) in [6, 6.07) is 14.7.